The number of benzene rings is 1. The SMILES string of the molecule is COc1ccc(Br)cc1[C@@H](CCC(F)(F)F)N1CCNCC1.Cl.Cl. The molecule has 3 nitrogen and oxygen atoms in total. The van der Waals surface area contributed by atoms with Gasteiger partial charge in [-0.2, -0.15) is 13.2 Å². The Morgan fingerprint density at radius 3 is 2.42 bits per heavy atom. The highest BCUT2D eigenvalue weighted by molar-refractivity contribution is 9.10. The van der Waals surface area contributed by atoms with Crippen molar-refractivity contribution in [3.8, 4) is 5.75 Å². The zero-order valence-corrected chi connectivity index (χ0v) is 16.5. The van der Waals surface area contributed by atoms with E-state index in [2.05, 4.69) is 26.1 Å². The first kappa shape index (κ1) is 23.8. The molecule has 1 saturated heterocycles. The summed E-state index contributed by atoms with van der Waals surface area (Å²) >= 11 is 3.40. The fourth-order valence-corrected chi connectivity index (χ4v) is 3.17. The second kappa shape index (κ2) is 10.7. The minimum atomic E-state index is -4.15. The van der Waals surface area contributed by atoms with Crippen molar-refractivity contribution in [1.82, 2.24) is 10.2 Å². The molecule has 0 radical (unpaired) electrons. The molecule has 1 aromatic rings. The fourth-order valence-electron chi connectivity index (χ4n) is 2.79. The van der Waals surface area contributed by atoms with Crippen LogP contribution in [0.2, 0.25) is 0 Å². The Bertz CT molecular complexity index is 500. The van der Waals surface area contributed by atoms with Crippen LogP contribution in [0, 0.1) is 0 Å². The summed E-state index contributed by atoms with van der Waals surface area (Å²) in [6.45, 7) is 3.05. The van der Waals surface area contributed by atoms with Gasteiger partial charge in [0.1, 0.15) is 5.75 Å². The molecule has 1 heterocycles. The van der Waals surface area contributed by atoms with Crippen molar-refractivity contribution in [2.24, 2.45) is 0 Å². The van der Waals surface area contributed by atoms with E-state index in [1.165, 1.54) is 0 Å². The Kier molecular flexibility index (Phi) is 10.6. The second-order valence-electron chi connectivity index (χ2n) is 5.34. The Morgan fingerprint density at radius 2 is 1.88 bits per heavy atom. The highest BCUT2D eigenvalue weighted by Crippen LogP contribution is 2.37. The van der Waals surface area contributed by atoms with Crippen LogP contribution in [0.1, 0.15) is 24.4 Å². The number of nitrogens with one attached hydrogen (secondary N) is 1. The zero-order chi connectivity index (χ0) is 16.2. The topological polar surface area (TPSA) is 24.5 Å². The summed E-state index contributed by atoms with van der Waals surface area (Å²) in [6.07, 6.45) is -4.90. The van der Waals surface area contributed by atoms with Crippen molar-refractivity contribution in [3.05, 3.63) is 28.2 Å². The predicted molar refractivity (Wildman–Crippen MR) is 97.7 cm³/mol. The van der Waals surface area contributed by atoms with Crippen molar-refractivity contribution < 1.29 is 17.9 Å². The van der Waals surface area contributed by atoms with Crippen LogP contribution in [0.4, 0.5) is 13.2 Å². The quantitative estimate of drug-likeness (QED) is 0.705. The molecule has 0 spiro atoms. The van der Waals surface area contributed by atoms with Crippen LogP contribution in [-0.4, -0.2) is 44.4 Å². The number of piperazine rings is 1. The molecule has 0 unspecified atom stereocenters. The molecule has 1 aliphatic rings. The molecule has 140 valence electrons. The van der Waals surface area contributed by atoms with Crippen molar-refractivity contribution in [3.63, 3.8) is 0 Å². The lowest BCUT2D eigenvalue weighted by Crippen LogP contribution is -2.45. The zero-order valence-electron chi connectivity index (χ0n) is 13.2. The highest BCUT2D eigenvalue weighted by atomic mass is 79.9. The number of rotatable bonds is 5. The number of methoxy groups -OCH3 is 1. The first-order valence-corrected chi connectivity index (χ1v) is 8.05. The van der Waals surface area contributed by atoms with E-state index in [0.29, 0.717) is 5.75 Å². The standard InChI is InChI=1S/C15H20BrF3N2O.2ClH/c1-22-14-3-2-11(16)10-12(14)13(4-5-15(17,18)19)21-8-6-20-7-9-21;;/h2-3,10,13,20H,4-9H2,1H3;2*1H/t13-;;/m1../s1. The molecule has 24 heavy (non-hydrogen) atoms. The number of hydrogen-bond donors (Lipinski definition) is 1. The van der Waals surface area contributed by atoms with E-state index in [0.717, 1.165) is 36.2 Å². The third-order valence-electron chi connectivity index (χ3n) is 3.84. The van der Waals surface area contributed by atoms with Crippen molar-refractivity contribution in [2.75, 3.05) is 33.3 Å². The summed E-state index contributed by atoms with van der Waals surface area (Å²) in [5.41, 5.74) is 0.808. The minimum absolute atomic E-state index is 0. The molecule has 0 aliphatic carbocycles. The maximum absolute atomic E-state index is 12.7. The lowest BCUT2D eigenvalue weighted by Gasteiger charge is -2.36. The molecule has 1 fully saturated rings. The van der Waals surface area contributed by atoms with Gasteiger partial charge >= 0.3 is 6.18 Å². The third kappa shape index (κ3) is 6.96. The summed E-state index contributed by atoms with van der Waals surface area (Å²) in [5, 5.41) is 3.23. The maximum Gasteiger partial charge on any atom is 0.389 e. The van der Waals surface area contributed by atoms with Crippen LogP contribution in [0.5, 0.6) is 5.75 Å². The average Bonchev–Trinajstić information content (AvgIpc) is 2.48. The molecular weight excluding hydrogens is 432 g/mol. The van der Waals surface area contributed by atoms with E-state index in [9.17, 15) is 13.2 Å². The molecule has 1 N–H and O–H groups in total. The largest absolute Gasteiger partial charge is 0.496 e. The number of ether oxygens (including phenoxy) is 1. The Balaban J connectivity index is 0.00000264. The van der Waals surface area contributed by atoms with Gasteiger partial charge in [-0.25, -0.2) is 0 Å². The lowest BCUT2D eigenvalue weighted by atomic mass is 9.98. The van der Waals surface area contributed by atoms with E-state index >= 15 is 0 Å². The van der Waals surface area contributed by atoms with Gasteiger partial charge in [0.25, 0.3) is 0 Å². The fraction of sp³-hybridized carbons (Fsp3) is 0.600. The van der Waals surface area contributed by atoms with Crippen LogP contribution in [-0.2, 0) is 0 Å². The van der Waals surface area contributed by atoms with Gasteiger partial charge in [0.05, 0.1) is 7.11 Å². The van der Waals surface area contributed by atoms with Gasteiger partial charge in [0, 0.05) is 48.7 Å². The smallest absolute Gasteiger partial charge is 0.389 e. The first-order chi connectivity index (χ1) is 10.4. The Morgan fingerprint density at radius 1 is 1.25 bits per heavy atom. The summed E-state index contributed by atoms with van der Waals surface area (Å²) in [4.78, 5) is 2.10. The third-order valence-corrected chi connectivity index (χ3v) is 4.34. The monoisotopic (exact) mass is 452 g/mol. The predicted octanol–water partition coefficient (Wildman–Crippen LogP) is 4.59. The maximum atomic E-state index is 12.7. The summed E-state index contributed by atoms with van der Waals surface area (Å²) in [6, 6.07) is 5.20. The number of hydrogen-bond acceptors (Lipinski definition) is 3. The van der Waals surface area contributed by atoms with Crippen molar-refractivity contribution in [2.45, 2.75) is 25.1 Å². The molecule has 9 heteroatoms. The summed E-state index contributed by atoms with van der Waals surface area (Å²) in [7, 11) is 1.55. The van der Waals surface area contributed by atoms with Gasteiger partial charge in [-0.05, 0) is 24.6 Å². The van der Waals surface area contributed by atoms with E-state index < -0.39 is 12.6 Å². The van der Waals surface area contributed by atoms with Gasteiger partial charge in [0.2, 0.25) is 0 Å². The Hall–Kier alpha value is -0.210. The van der Waals surface area contributed by atoms with E-state index in [1.807, 2.05) is 12.1 Å². The van der Waals surface area contributed by atoms with Gasteiger partial charge in [-0.3, -0.25) is 4.90 Å². The minimum Gasteiger partial charge on any atom is -0.496 e. The highest BCUT2D eigenvalue weighted by Gasteiger charge is 2.32. The molecule has 0 amide bonds. The lowest BCUT2D eigenvalue weighted by molar-refractivity contribution is -0.138. The van der Waals surface area contributed by atoms with Crippen LogP contribution >= 0.6 is 40.7 Å². The van der Waals surface area contributed by atoms with Crippen LogP contribution < -0.4 is 10.1 Å². The van der Waals surface area contributed by atoms with Crippen LogP contribution in [0.15, 0.2) is 22.7 Å². The number of nitrogens with zero attached hydrogens (tertiary/aromatic N) is 1. The summed E-state index contributed by atoms with van der Waals surface area (Å²) in [5.74, 6) is 0.633. The van der Waals surface area contributed by atoms with Crippen molar-refractivity contribution >= 4 is 40.7 Å². The Labute approximate surface area is 161 Å². The molecule has 0 saturated carbocycles. The molecule has 1 aliphatic heterocycles. The molecule has 1 atom stereocenters. The molecule has 0 bridgehead atoms. The summed E-state index contributed by atoms with van der Waals surface area (Å²) < 4.78 is 44.3. The van der Waals surface area contributed by atoms with Gasteiger partial charge < -0.3 is 10.1 Å². The van der Waals surface area contributed by atoms with Crippen molar-refractivity contribution in [1.29, 1.82) is 0 Å². The second-order valence-corrected chi connectivity index (χ2v) is 6.26. The molecular formula is C15H22BrCl2F3N2O. The average molecular weight is 454 g/mol. The van der Waals surface area contributed by atoms with Gasteiger partial charge in [-0.1, -0.05) is 15.9 Å². The van der Waals surface area contributed by atoms with Gasteiger partial charge in [-0.15, -0.1) is 24.8 Å². The number of halogens is 6. The van der Waals surface area contributed by atoms with E-state index in [1.54, 1.807) is 13.2 Å². The molecule has 2 rings (SSSR count). The van der Waals surface area contributed by atoms with E-state index in [-0.39, 0.29) is 37.3 Å². The first-order valence-electron chi connectivity index (χ1n) is 7.25. The molecule has 1 aromatic carbocycles. The normalized spacial score (nSPS) is 16.7. The van der Waals surface area contributed by atoms with Gasteiger partial charge in [0.15, 0.2) is 0 Å². The molecule has 0 aromatic heterocycles. The van der Waals surface area contributed by atoms with Crippen LogP contribution in [0.25, 0.3) is 0 Å². The van der Waals surface area contributed by atoms with E-state index in [4.69, 9.17) is 4.74 Å². The van der Waals surface area contributed by atoms with Crippen LogP contribution in [0.3, 0.4) is 0 Å². The number of alkyl halides is 3.